The van der Waals surface area contributed by atoms with Crippen molar-refractivity contribution in [1.82, 2.24) is 34.4 Å². The highest BCUT2D eigenvalue weighted by Crippen LogP contribution is 2.36. The molecule has 0 bridgehead atoms. The molecule has 0 spiro atoms. The van der Waals surface area contributed by atoms with E-state index in [0.29, 0.717) is 76.6 Å². The molecule has 2 aromatic carbocycles. The number of pyridine rings is 1. The van der Waals surface area contributed by atoms with Crippen molar-refractivity contribution in [3.8, 4) is 5.88 Å². The van der Waals surface area contributed by atoms with Gasteiger partial charge in [0.05, 0.1) is 17.0 Å². The number of alkyl halides is 1. The number of hydrogen-bond donors (Lipinski definition) is 0. The molecule has 2 amide bonds. The summed E-state index contributed by atoms with van der Waals surface area (Å²) in [5, 5.41) is 6.47. The Kier molecular flexibility index (Phi) is 23.0. The quantitative estimate of drug-likeness (QED) is 0.0237. The van der Waals surface area contributed by atoms with Gasteiger partial charge < -0.3 is 47.9 Å². The molecule has 2 aromatic heterocycles. The Morgan fingerprint density at radius 3 is 1.89 bits per heavy atom. The number of piperidine rings is 2. The van der Waals surface area contributed by atoms with Crippen LogP contribution in [0.3, 0.4) is 0 Å². The molecule has 0 saturated carbocycles. The highest BCUT2D eigenvalue weighted by atomic mass is 35.5. The van der Waals surface area contributed by atoms with Crippen LogP contribution in [0.25, 0.3) is 21.8 Å². The number of aromatic nitrogens is 3. The fourth-order valence-corrected chi connectivity index (χ4v) is 10.7. The maximum Gasteiger partial charge on any atom is 0.511 e. The second-order valence-electron chi connectivity index (χ2n) is 23.0. The molecule has 3 saturated heterocycles. The maximum atomic E-state index is 14.7. The zero-order valence-corrected chi connectivity index (χ0v) is 49.5. The van der Waals surface area contributed by atoms with E-state index < -0.39 is 41.2 Å². The average molecular weight is 1140 g/mol. The molecule has 4 aromatic rings. The van der Waals surface area contributed by atoms with Crippen LogP contribution in [-0.4, -0.2) is 160 Å². The third-order valence-corrected chi connectivity index (χ3v) is 14.9. The molecular formula is C61H84ClN7O12. The maximum absolute atomic E-state index is 14.7. The van der Waals surface area contributed by atoms with Gasteiger partial charge in [-0.1, -0.05) is 54.1 Å². The van der Waals surface area contributed by atoms with Crippen molar-refractivity contribution >= 4 is 63.7 Å². The van der Waals surface area contributed by atoms with Crippen LogP contribution in [0.4, 0.5) is 14.4 Å². The summed E-state index contributed by atoms with van der Waals surface area (Å²) in [6, 6.07) is 14.2. The lowest BCUT2D eigenvalue weighted by atomic mass is 9.88. The summed E-state index contributed by atoms with van der Waals surface area (Å²) in [4.78, 5) is 78.4. The lowest BCUT2D eigenvalue weighted by Crippen LogP contribution is -2.55. The number of aryl methyl sites for hydroxylation is 1. The summed E-state index contributed by atoms with van der Waals surface area (Å²) >= 11 is 5.16. The Balaban J connectivity index is 0.000000787. The van der Waals surface area contributed by atoms with E-state index >= 15 is 0 Å². The van der Waals surface area contributed by atoms with Crippen LogP contribution in [0.15, 0.2) is 86.6 Å². The fraction of sp³-hybridized carbons (Fsp3) is 0.557. The standard InChI is InChI=1S/C53H71N7O9.C8H13ClO3/c1-9-19-52(4,5)68-50(63)65-35-60-34-42-31-38(29-37(3)47(42)55-60)30-41(49(62)59-27-25-57(26-28-59)43-17-21-56(8)22-18-43)33-46(61)58-23-15-39(16-24-58)44-32-40-13-11-12-14-45(40)54-48(44)66-36-67-51(64)69-53(6,7)20-10-2;1-4-5-8(2,3)12-7(10)11-6-9/h9-14,29,31-32,34,39,41,43H,1-2,15-28,30,33,35-36H2,3-8H3;4H,1,5-6H2,2-3H3/t41-;/m0./s1. The van der Waals surface area contributed by atoms with E-state index in [1.165, 1.54) is 0 Å². The number of rotatable bonds is 22. The molecular weight excluding hydrogens is 1060 g/mol. The van der Waals surface area contributed by atoms with E-state index in [9.17, 15) is 24.0 Å². The Hall–Kier alpha value is -6.70. The number of para-hydroxylation sites is 1. The number of halogens is 1. The van der Waals surface area contributed by atoms with Crippen molar-refractivity contribution in [3.05, 3.63) is 103 Å². The first-order valence-corrected chi connectivity index (χ1v) is 28.5. The van der Waals surface area contributed by atoms with E-state index in [-0.39, 0.29) is 43.7 Å². The van der Waals surface area contributed by atoms with Crippen LogP contribution < -0.4 is 4.74 Å². The summed E-state index contributed by atoms with van der Waals surface area (Å²) in [6.07, 6.45) is 10.0. The van der Waals surface area contributed by atoms with Crippen LogP contribution in [0, 0.1) is 12.8 Å². The number of nitrogens with zero attached hydrogens (tertiary/aromatic N) is 7. The van der Waals surface area contributed by atoms with Gasteiger partial charge in [0, 0.05) is 93.5 Å². The smallest absolute Gasteiger partial charge is 0.440 e. The predicted octanol–water partition coefficient (Wildman–Crippen LogP) is 11.1. The Labute approximate surface area is 482 Å². The molecule has 3 aliphatic heterocycles. The third-order valence-electron chi connectivity index (χ3n) is 14.8. The molecule has 20 heteroatoms. The van der Waals surface area contributed by atoms with E-state index in [2.05, 4.69) is 52.5 Å². The van der Waals surface area contributed by atoms with Gasteiger partial charge >= 0.3 is 18.5 Å². The van der Waals surface area contributed by atoms with Crippen molar-refractivity contribution in [2.24, 2.45) is 5.92 Å². The minimum absolute atomic E-state index is 0.000368. The number of carbonyl (C=O) groups is 5. The van der Waals surface area contributed by atoms with Gasteiger partial charge in [-0.25, -0.2) is 24.0 Å². The van der Waals surface area contributed by atoms with Gasteiger partial charge in [-0.05, 0) is 136 Å². The molecule has 442 valence electrons. The molecule has 0 aliphatic carbocycles. The van der Waals surface area contributed by atoms with Crippen molar-refractivity contribution < 1.29 is 57.1 Å². The number of fused-ring (bicyclic) bond motifs is 2. The molecule has 1 atom stereocenters. The molecule has 3 fully saturated rings. The highest BCUT2D eigenvalue weighted by molar-refractivity contribution is 6.17. The second kappa shape index (κ2) is 29.3. The van der Waals surface area contributed by atoms with Gasteiger partial charge in [0.15, 0.2) is 12.8 Å². The second-order valence-corrected chi connectivity index (χ2v) is 23.2. The lowest BCUT2D eigenvalue weighted by molar-refractivity contribution is -0.143. The molecule has 7 rings (SSSR count). The molecule has 19 nitrogen and oxygen atoms in total. The van der Waals surface area contributed by atoms with Crippen molar-refractivity contribution in [2.75, 3.05) is 72.3 Å². The Bertz CT molecular complexity index is 2810. The molecule has 5 heterocycles. The normalized spacial score (nSPS) is 16.4. The first-order chi connectivity index (χ1) is 38.5. The zero-order valence-electron chi connectivity index (χ0n) is 48.8. The van der Waals surface area contributed by atoms with E-state index in [1.54, 1.807) is 64.5 Å². The summed E-state index contributed by atoms with van der Waals surface area (Å²) in [6.45, 7) is 29.2. The van der Waals surface area contributed by atoms with Crippen LogP contribution in [0.2, 0.25) is 0 Å². The fourth-order valence-electron chi connectivity index (χ4n) is 10.6. The predicted molar refractivity (Wildman–Crippen MR) is 311 cm³/mol. The molecule has 0 radical (unpaired) electrons. The van der Waals surface area contributed by atoms with Gasteiger partial charge in [-0.2, -0.15) is 5.10 Å². The van der Waals surface area contributed by atoms with Gasteiger partial charge in [0.25, 0.3) is 0 Å². The largest absolute Gasteiger partial charge is 0.511 e. The van der Waals surface area contributed by atoms with E-state index in [1.807, 2.05) is 59.3 Å². The van der Waals surface area contributed by atoms with E-state index in [4.69, 9.17) is 45.0 Å². The van der Waals surface area contributed by atoms with Gasteiger partial charge in [-0.15, -0.1) is 19.7 Å². The number of likely N-dealkylation sites (tertiary alicyclic amines) is 2. The summed E-state index contributed by atoms with van der Waals surface area (Å²) in [5.74, 6) is -0.238. The first kappa shape index (κ1) is 63.5. The van der Waals surface area contributed by atoms with Gasteiger partial charge in [-0.3, -0.25) is 14.5 Å². The third kappa shape index (κ3) is 19.2. The van der Waals surface area contributed by atoms with Crippen LogP contribution in [0.1, 0.15) is 116 Å². The molecule has 3 aliphatic rings. The van der Waals surface area contributed by atoms with Gasteiger partial charge in [0.1, 0.15) is 16.8 Å². The van der Waals surface area contributed by atoms with Crippen molar-refractivity contribution in [2.45, 2.75) is 142 Å². The lowest BCUT2D eigenvalue weighted by Gasteiger charge is -2.43. The number of piperazine rings is 1. The minimum atomic E-state index is -0.847. The average Bonchev–Trinajstić information content (AvgIpc) is 3.89. The minimum Gasteiger partial charge on any atom is -0.440 e. The zero-order chi connectivity index (χ0) is 58.9. The topological polar surface area (TPSA) is 194 Å². The van der Waals surface area contributed by atoms with Crippen molar-refractivity contribution in [1.29, 1.82) is 0 Å². The van der Waals surface area contributed by atoms with Gasteiger partial charge in [0.2, 0.25) is 24.5 Å². The van der Waals surface area contributed by atoms with Crippen LogP contribution in [0.5, 0.6) is 5.88 Å². The van der Waals surface area contributed by atoms with Crippen molar-refractivity contribution in [3.63, 3.8) is 0 Å². The number of benzene rings is 2. The highest BCUT2D eigenvalue weighted by Gasteiger charge is 2.35. The summed E-state index contributed by atoms with van der Waals surface area (Å²) in [5.41, 5.74) is 2.11. The molecule has 0 unspecified atom stereocenters. The Morgan fingerprint density at radius 1 is 0.716 bits per heavy atom. The summed E-state index contributed by atoms with van der Waals surface area (Å²) < 4.78 is 38.5. The number of amides is 2. The number of ether oxygens (including phenoxy) is 7. The monoisotopic (exact) mass is 1140 g/mol. The SMILES string of the molecule is C=CCC(C)(C)OC(=O)OCCl.C=CCC(C)(C)OC(=O)OCOc1nc2ccccc2cc1C1CCN(C(=O)C[C@H](Cc2cc(C)c3nn(COC(=O)OC(C)(C)CC=C)cc3c2)C(=O)N2CCN(C3CCN(C)CC3)CC2)CC1. The van der Waals surface area contributed by atoms with Crippen LogP contribution >= 0.6 is 11.6 Å². The molecule has 0 N–H and O–H groups in total. The number of hydrogen-bond acceptors (Lipinski definition) is 16. The first-order valence-electron chi connectivity index (χ1n) is 28.0. The van der Waals surface area contributed by atoms with E-state index in [0.717, 1.165) is 77.5 Å². The Morgan fingerprint density at radius 2 is 1.30 bits per heavy atom. The molecule has 81 heavy (non-hydrogen) atoms. The summed E-state index contributed by atoms with van der Waals surface area (Å²) in [7, 11) is 2.17. The number of carbonyl (C=O) groups excluding carboxylic acids is 5. The van der Waals surface area contributed by atoms with Crippen LogP contribution in [-0.2, 0) is 51.2 Å².